The number of hydrogen-bond donors (Lipinski definition) is 1. The van der Waals surface area contributed by atoms with Crippen molar-refractivity contribution in [2.24, 2.45) is 11.8 Å². The van der Waals surface area contributed by atoms with E-state index in [0.717, 1.165) is 13.0 Å². The second-order valence-corrected chi connectivity index (χ2v) is 3.73. The van der Waals surface area contributed by atoms with Crippen LogP contribution >= 0.6 is 0 Å². The third-order valence-corrected chi connectivity index (χ3v) is 2.65. The van der Waals surface area contributed by atoms with Crippen LogP contribution in [-0.4, -0.2) is 35.5 Å². The maximum Gasteiger partial charge on any atom is 0.303 e. The van der Waals surface area contributed by atoms with Gasteiger partial charge in [-0.25, -0.2) is 0 Å². The topological polar surface area (TPSA) is 57.6 Å². The Hall–Kier alpha value is -1.06. The Morgan fingerprint density at radius 2 is 2.38 bits per heavy atom. The van der Waals surface area contributed by atoms with E-state index in [9.17, 15) is 9.59 Å². The number of likely N-dealkylation sites (tertiary alicyclic amines) is 1. The molecule has 1 fully saturated rings. The lowest BCUT2D eigenvalue weighted by molar-refractivity contribution is -0.139. The largest absolute Gasteiger partial charge is 0.481 e. The summed E-state index contributed by atoms with van der Waals surface area (Å²) in [4.78, 5) is 23.6. The first-order valence-corrected chi connectivity index (χ1v) is 4.49. The molecule has 4 heteroatoms. The second kappa shape index (κ2) is 3.77. The van der Waals surface area contributed by atoms with Crippen molar-refractivity contribution in [1.82, 2.24) is 4.90 Å². The molecule has 13 heavy (non-hydrogen) atoms. The van der Waals surface area contributed by atoms with Gasteiger partial charge in [-0.15, -0.1) is 0 Å². The van der Waals surface area contributed by atoms with Gasteiger partial charge in [0.2, 0.25) is 5.91 Å². The Bertz CT molecular complexity index is 227. The van der Waals surface area contributed by atoms with Crippen LogP contribution in [0.3, 0.4) is 0 Å². The van der Waals surface area contributed by atoms with Crippen molar-refractivity contribution in [3.05, 3.63) is 0 Å². The van der Waals surface area contributed by atoms with Crippen LogP contribution in [-0.2, 0) is 9.59 Å². The molecule has 1 aliphatic heterocycles. The maximum atomic E-state index is 11.5. The zero-order chi connectivity index (χ0) is 10.0. The highest BCUT2D eigenvalue weighted by Crippen LogP contribution is 2.26. The van der Waals surface area contributed by atoms with Gasteiger partial charge in [0, 0.05) is 25.9 Å². The summed E-state index contributed by atoms with van der Waals surface area (Å²) in [6.07, 6.45) is 0.883. The molecule has 0 saturated carbocycles. The molecular weight excluding hydrogens is 170 g/mol. The molecule has 0 radical (unpaired) electrons. The van der Waals surface area contributed by atoms with E-state index in [0.29, 0.717) is 0 Å². The molecule has 0 aromatic rings. The molecule has 1 N–H and O–H groups in total. The fourth-order valence-electron chi connectivity index (χ4n) is 1.80. The Labute approximate surface area is 77.5 Å². The monoisotopic (exact) mass is 185 g/mol. The molecule has 0 spiro atoms. The first-order valence-electron chi connectivity index (χ1n) is 4.49. The van der Waals surface area contributed by atoms with E-state index in [1.807, 2.05) is 6.92 Å². The number of aliphatic carboxylic acids is 1. The summed E-state index contributed by atoms with van der Waals surface area (Å²) in [5.41, 5.74) is 0. The third-order valence-electron chi connectivity index (χ3n) is 2.65. The van der Waals surface area contributed by atoms with Crippen LogP contribution in [0.2, 0.25) is 0 Å². The summed E-state index contributed by atoms with van der Waals surface area (Å²) in [6.45, 7) is 2.59. The van der Waals surface area contributed by atoms with E-state index in [1.54, 1.807) is 11.9 Å². The van der Waals surface area contributed by atoms with Crippen LogP contribution in [0.15, 0.2) is 0 Å². The van der Waals surface area contributed by atoms with E-state index in [4.69, 9.17) is 5.11 Å². The number of carboxylic acids is 1. The number of nitrogens with zero attached hydrogens (tertiary/aromatic N) is 1. The fraction of sp³-hybridized carbons (Fsp3) is 0.778. The molecule has 1 amide bonds. The Morgan fingerprint density at radius 1 is 1.77 bits per heavy atom. The van der Waals surface area contributed by atoms with E-state index < -0.39 is 5.97 Å². The summed E-state index contributed by atoms with van der Waals surface area (Å²) in [6, 6.07) is 0. The van der Waals surface area contributed by atoms with Crippen LogP contribution in [0.1, 0.15) is 19.8 Å². The highest BCUT2D eigenvalue weighted by molar-refractivity contribution is 5.81. The van der Waals surface area contributed by atoms with Crippen molar-refractivity contribution in [1.29, 1.82) is 0 Å². The number of carbonyl (C=O) groups excluding carboxylic acids is 1. The Morgan fingerprint density at radius 3 is 2.77 bits per heavy atom. The number of hydrogen-bond acceptors (Lipinski definition) is 2. The molecule has 0 aromatic heterocycles. The van der Waals surface area contributed by atoms with Gasteiger partial charge in [0.25, 0.3) is 0 Å². The molecule has 1 rings (SSSR count). The molecule has 1 heterocycles. The first-order chi connectivity index (χ1) is 6.02. The molecule has 2 unspecified atom stereocenters. The Kier molecular flexibility index (Phi) is 2.90. The van der Waals surface area contributed by atoms with Gasteiger partial charge in [0.1, 0.15) is 0 Å². The summed E-state index contributed by atoms with van der Waals surface area (Å²) >= 11 is 0. The predicted molar refractivity (Wildman–Crippen MR) is 47.2 cm³/mol. The molecule has 4 nitrogen and oxygen atoms in total. The van der Waals surface area contributed by atoms with Gasteiger partial charge in [0.05, 0.1) is 0 Å². The van der Waals surface area contributed by atoms with Crippen LogP contribution < -0.4 is 0 Å². The summed E-state index contributed by atoms with van der Waals surface area (Å²) in [5.74, 6) is -0.861. The fourth-order valence-corrected chi connectivity index (χ4v) is 1.80. The highest BCUT2D eigenvalue weighted by atomic mass is 16.4. The number of amides is 1. The minimum absolute atomic E-state index is 0.0463. The van der Waals surface area contributed by atoms with Gasteiger partial charge in [0.15, 0.2) is 0 Å². The lowest BCUT2D eigenvalue weighted by Gasteiger charge is -2.15. The minimum Gasteiger partial charge on any atom is -0.481 e. The zero-order valence-corrected chi connectivity index (χ0v) is 7.99. The average Bonchev–Trinajstić information content (AvgIpc) is 2.31. The first kappa shape index (κ1) is 10.0. The molecule has 0 aromatic carbocycles. The van der Waals surface area contributed by atoms with Crippen molar-refractivity contribution >= 4 is 11.9 Å². The smallest absolute Gasteiger partial charge is 0.303 e. The third kappa shape index (κ3) is 2.20. The van der Waals surface area contributed by atoms with Gasteiger partial charge in [-0.2, -0.15) is 0 Å². The van der Waals surface area contributed by atoms with Gasteiger partial charge in [-0.05, 0) is 12.3 Å². The number of rotatable bonds is 3. The molecule has 74 valence electrons. The molecular formula is C9H15NO3. The quantitative estimate of drug-likeness (QED) is 0.699. The maximum absolute atomic E-state index is 11.5. The van der Waals surface area contributed by atoms with Crippen LogP contribution in [0.25, 0.3) is 0 Å². The van der Waals surface area contributed by atoms with Crippen LogP contribution in [0.4, 0.5) is 0 Å². The molecule has 2 atom stereocenters. The Balaban J connectivity index is 2.53. The van der Waals surface area contributed by atoms with E-state index in [2.05, 4.69) is 0 Å². The second-order valence-electron chi connectivity index (χ2n) is 3.73. The van der Waals surface area contributed by atoms with Crippen molar-refractivity contribution in [2.45, 2.75) is 19.8 Å². The lowest BCUT2D eigenvalue weighted by atomic mass is 9.90. The number of carboxylic acid groups (broad SMARTS) is 1. The highest BCUT2D eigenvalue weighted by Gasteiger charge is 2.33. The van der Waals surface area contributed by atoms with E-state index in [-0.39, 0.29) is 24.2 Å². The van der Waals surface area contributed by atoms with Crippen molar-refractivity contribution in [3.63, 3.8) is 0 Å². The van der Waals surface area contributed by atoms with E-state index in [1.165, 1.54) is 0 Å². The van der Waals surface area contributed by atoms with E-state index >= 15 is 0 Å². The van der Waals surface area contributed by atoms with Crippen molar-refractivity contribution in [3.8, 4) is 0 Å². The van der Waals surface area contributed by atoms with Crippen molar-refractivity contribution in [2.75, 3.05) is 13.6 Å². The normalized spacial score (nSPS) is 24.9. The molecule has 1 saturated heterocycles. The van der Waals surface area contributed by atoms with Gasteiger partial charge >= 0.3 is 5.97 Å². The van der Waals surface area contributed by atoms with Gasteiger partial charge < -0.3 is 10.0 Å². The summed E-state index contributed by atoms with van der Waals surface area (Å²) < 4.78 is 0. The SMILES string of the molecule is CC(CC(=O)O)C1CCN(C)C1=O. The number of carbonyl (C=O) groups is 2. The molecule has 0 aliphatic carbocycles. The minimum atomic E-state index is -0.824. The standard InChI is InChI=1S/C9H15NO3/c1-6(5-8(11)12)7-3-4-10(2)9(7)13/h6-7H,3-5H2,1-2H3,(H,11,12). The predicted octanol–water partition coefficient (Wildman–Crippen LogP) is 0.576. The summed E-state index contributed by atoms with van der Waals surface area (Å²) in [5, 5.41) is 8.57. The van der Waals surface area contributed by atoms with Crippen LogP contribution in [0, 0.1) is 11.8 Å². The van der Waals surface area contributed by atoms with Crippen molar-refractivity contribution < 1.29 is 14.7 Å². The summed E-state index contributed by atoms with van der Waals surface area (Å²) in [7, 11) is 1.76. The zero-order valence-electron chi connectivity index (χ0n) is 7.99. The van der Waals surface area contributed by atoms with Gasteiger partial charge in [-0.1, -0.05) is 6.92 Å². The van der Waals surface area contributed by atoms with Gasteiger partial charge in [-0.3, -0.25) is 9.59 Å². The molecule has 0 bridgehead atoms. The lowest BCUT2D eigenvalue weighted by Crippen LogP contribution is -2.26. The van der Waals surface area contributed by atoms with Crippen LogP contribution in [0.5, 0.6) is 0 Å². The average molecular weight is 185 g/mol. The molecule has 1 aliphatic rings.